The number of thiol groups is 1. The average Bonchev–Trinajstić information content (AvgIpc) is 2.84. The fraction of sp³-hybridized carbons (Fsp3) is 0.409. The van der Waals surface area contributed by atoms with Crippen molar-refractivity contribution >= 4 is 44.6 Å². The molecule has 0 aliphatic carbocycles. The number of pyridine rings is 1. The van der Waals surface area contributed by atoms with Gasteiger partial charge in [0.1, 0.15) is 29.8 Å². The van der Waals surface area contributed by atoms with Crippen molar-refractivity contribution in [2.24, 2.45) is 0 Å². The van der Waals surface area contributed by atoms with Crippen LogP contribution in [-0.4, -0.2) is 72.3 Å². The van der Waals surface area contributed by atoms with Crippen molar-refractivity contribution in [3.05, 3.63) is 41.3 Å². The van der Waals surface area contributed by atoms with Crippen molar-refractivity contribution in [1.82, 2.24) is 19.3 Å². The summed E-state index contributed by atoms with van der Waals surface area (Å²) in [4.78, 5) is 12.3. The first-order valence-electron chi connectivity index (χ1n) is 11.3. The molecule has 10 nitrogen and oxygen atoms in total. The molecule has 0 saturated carbocycles. The number of nitrogen functional groups attached to an aromatic ring is 1. The number of fused-ring (bicyclic) bond motifs is 1. The SMILES string of the molecule is COc1cc2nc(C)nc(NCc3cc(N)nc(C(F)(F)F)c3)c2cc1OC[C@@]1([SiH3])CN([SH]=O)CCO1. The topological polar surface area (TPSA) is 125 Å². The molecule has 1 aromatic carbocycles. The van der Waals surface area contributed by atoms with Crippen LogP contribution in [-0.2, 0) is 29.3 Å². The number of methoxy groups -OCH3 is 1. The van der Waals surface area contributed by atoms with Crippen LogP contribution in [0.1, 0.15) is 17.1 Å². The number of halogens is 3. The third-order valence-corrected chi connectivity index (χ3v) is 7.18. The predicted molar refractivity (Wildman–Crippen MR) is 137 cm³/mol. The van der Waals surface area contributed by atoms with E-state index in [2.05, 4.69) is 20.3 Å². The maximum Gasteiger partial charge on any atom is 0.433 e. The zero-order chi connectivity index (χ0) is 26.8. The van der Waals surface area contributed by atoms with Gasteiger partial charge in [0.2, 0.25) is 0 Å². The molecule has 4 rings (SSSR count). The Labute approximate surface area is 217 Å². The highest BCUT2D eigenvalue weighted by Gasteiger charge is 2.34. The fourth-order valence-corrected chi connectivity index (χ4v) is 5.52. The van der Waals surface area contributed by atoms with E-state index in [9.17, 15) is 17.4 Å². The molecule has 3 N–H and O–H groups in total. The van der Waals surface area contributed by atoms with Gasteiger partial charge in [-0.15, -0.1) is 0 Å². The number of aryl methyl sites for hydroxylation is 1. The highest BCUT2D eigenvalue weighted by atomic mass is 32.2. The van der Waals surface area contributed by atoms with Crippen molar-refractivity contribution < 1.29 is 31.6 Å². The molecule has 200 valence electrons. The summed E-state index contributed by atoms with van der Waals surface area (Å²) in [5.41, 5.74) is 5.39. The summed E-state index contributed by atoms with van der Waals surface area (Å²) in [5.74, 6) is 1.52. The van der Waals surface area contributed by atoms with Gasteiger partial charge in [0.05, 0.1) is 36.3 Å². The summed E-state index contributed by atoms with van der Waals surface area (Å²) in [6, 6.07) is 5.74. The monoisotopic (exact) mass is 556 g/mol. The second kappa shape index (κ2) is 10.8. The van der Waals surface area contributed by atoms with E-state index in [1.165, 1.54) is 13.2 Å². The number of nitrogens with one attached hydrogen (secondary N) is 1. The molecule has 0 radical (unpaired) electrons. The van der Waals surface area contributed by atoms with Crippen LogP contribution in [0, 0.1) is 6.92 Å². The Balaban J connectivity index is 1.62. The molecule has 3 aromatic rings. The molecular weight excluding hydrogens is 529 g/mol. The lowest BCUT2D eigenvalue weighted by atomic mass is 10.1. The molecule has 3 heterocycles. The van der Waals surface area contributed by atoms with E-state index >= 15 is 0 Å². The summed E-state index contributed by atoms with van der Waals surface area (Å²) in [6.45, 7) is 3.46. The van der Waals surface area contributed by atoms with Gasteiger partial charge >= 0.3 is 6.18 Å². The summed E-state index contributed by atoms with van der Waals surface area (Å²) < 4.78 is 70.1. The molecule has 15 heteroatoms. The fourth-order valence-electron chi connectivity index (χ4n) is 4.00. The zero-order valence-corrected chi connectivity index (χ0v) is 23.3. The number of morpholine rings is 1. The van der Waals surface area contributed by atoms with Gasteiger partial charge in [-0.3, -0.25) is 0 Å². The van der Waals surface area contributed by atoms with Gasteiger partial charge < -0.3 is 25.3 Å². The lowest BCUT2D eigenvalue weighted by Crippen LogP contribution is -2.54. The van der Waals surface area contributed by atoms with Crippen molar-refractivity contribution in [3.8, 4) is 11.5 Å². The Morgan fingerprint density at radius 2 is 2.03 bits per heavy atom. The molecule has 0 bridgehead atoms. The molecule has 0 unspecified atom stereocenters. The number of anilines is 2. The van der Waals surface area contributed by atoms with Crippen molar-refractivity contribution in [2.75, 3.05) is 44.5 Å². The number of hydrogen-bond acceptors (Lipinski definition) is 9. The van der Waals surface area contributed by atoms with E-state index in [-0.39, 0.29) is 30.8 Å². The largest absolute Gasteiger partial charge is 0.493 e. The highest BCUT2D eigenvalue weighted by Crippen LogP contribution is 2.35. The summed E-state index contributed by atoms with van der Waals surface area (Å²) >= 11 is -0.0546. The number of nitrogens with zero attached hydrogens (tertiary/aromatic N) is 4. The van der Waals surface area contributed by atoms with Crippen LogP contribution in [0.3, 0.4) is 0 Å². The number of nitrogens with two attached hydrogens (primary N) is 1. The van der Waals surface area contributed by atoms with E-state index in [0.717, 1.165) is 6.07 Å². The molecule has 37 heavy (non-hydrogen) atoms. The third kappa shape index (κ3) is 6.47. The molecule has 1 atom stereocenters. The number of benzene rings is 1. The second-order valence-electron chi connectivity index (χ2n) is 8.83. The van der Waals surface area contributed by atoms with Crippen LogP contribution < -0.4 is 20.5 Å². The van der Waals surface area contributed by atoms with Gasteiger partial charge in [0.15, 0.2) is 11.5 Å². The maximum atomic E-state index is 13.2. The molecule has 0 amide bonds. The van der Waals surface area contributed by atoms with E-state index in [4.69, 9.17) is 19.9 Å². The summed E-state index contributed by atoms with van der Waals surface area (Å²) in [6.07, 6.45) is -4.61. The second-order valence-corrected chi connectivity index (χ2v) is 11.4. The van der Waals surface area contributed by atoms with Gasteiger partial charge in [-0.25, -0.2) is 23.5 Å². The number of hydrogen-bond donors (Lipinski definition) is 3. The minimum Gasteiger partial charge on any atom is -0.493 e. The Hall–Kier alpha value is -3.01. The minimum atomic E-state index is -4.61. The standard InChI is InChI=1S/C22H27F3N6O4SSi/c1-12-28-15-8-16(33-2)17(34-11-21(37)10-31(36-32)3-4-35-21)7-14(15)20(29-12)27-9-13-5-18(22(23,24)25)30-19(26)6-13/h5-8,36H,3-4,9-11H2,1-2,37H3,(H2,26,30)(H,27,28,29)/t21-/m0/s1. The zero-order valence-electron chi connectivity index (χ0n) is 20.4. The van der Waals surface area contributed by atoms with E-state index in [1.54, 1.807) is 23.4 Å². The molecule has 1 aliphatic rings. The number of rotatable bonds is 8. The number of ether oxygens (including phenoxy) is 3. The van der Waals surface area contributed by atoms with Crippen molar-refractivity contribution in [3.63, 3.8) is 0 Å². The smallest absolute Gasteiger partial charge is 0.433 e. The summed E-state index contributed by atoms with van der Waals surface area (Å²) in [5, 5.41) is 3.11. The molecule has 0 spiro atoms. The number of aromatic nitrogens is 3. The first-order chi connectivity index (χ1) is 17.5. The van der Waals surface area contributed by atoms with Gasteiger partial charge in [-0.2, -0.15) is 13.2 Å². The average molecular weight is 557 g/mol. The first-order valence-corrected chi connectivity index (χ1v) is 13.0. The van der Waals surface area contributed by atoms with E-state index in [0.29, 0.717) is 69.5 Å². The van der Waals surface area contributed by atoms with E-state index < -0.39 is 17.1 Å². The Kier molecular flexibility index (Phi) is 7.87. The summed E-state index contributed by atoms with van der Waals surface area (Å²) in [7, 11) is 2.15. The number of alkyl halides is 3. The molecule has 1 fully saturated rings. The first kappa shape index (κ1) is 27.0. The van der Waals surface area contributed by atoms with Crippen molar-refractivity contribution in [2.45, 2.75) is 24.9 Å². The van der Waals surface area contributed by atoms with Crippen LogP contribution in [0.2, 0.25) is 0 Å². The van der Waals surface area contributed by atoms with Crippen LogP contribution >= 0.6 is 0 Å². The lowest BCUT2D eigenvalue weighted by molar-refractivity contribution is -0.141. The quantitative estimate of drug-likeness (QED) is 0.277. The van der Waals surface area contributed by atoms with Crippen LogP contribution in [0.25, 0.3) is 10.9 Å². The lowest BCUT2D eigenvalue weighted by Gasteiger charge is -2.37. The third-order valence-electron chi connectivity index (χ3n) is 5.71. The van der Waals surface area contributed by atoms with Crippen LogP contribution in [0.5, 0.6) is 11.5 Å². The molecular formula is C22H27F3N6O4SSi. The Bertz CT molecular complexity index is 1320. The normalized spacial score (nSPS) is 18.7. The van der Waals surface area contributed by atoms with Gasteiger partial charge in [-0.05, 0) is 30.7 Å². The van der Waals surface area contributed by atoms with Crippen LogP contribution in [0.15, 0.2) is 24.3 Å². The Morgan fingerprint density at radius 3 is 2.73 bits per heavy atom. The van der Waals surface area contributed by atoms with Crippen molar-refractivity contribution in [1.29, 1.82) is 0 Å². The molecule has 1 aliphatic heterocycles. The highest BCUT2D eigenvalue weighted by molar-refractivity contribution is 7.63. The minimum absolute atomic E-state index is 0.0192. The van der Waals surface area contributed by atoms with E-state index in [1.807, 2.05) is 0 Å². The maximum absolute atomic E-state index is 13.2. The van der Waals surface area contributed by atoms with Gasteiger partial charge in [0, 0.05) is 41.3 Å². The Morgan fingerprint density at radius 1 is 1.24 bits per heavy atom. The van der Waals surface area contributed by atoms with Gasteiger partial charge in [-0.1, -0.05) is 0 Å². The molecule has 2 aromatic heterocycles. The predicted octanol–water partition coefficient (Wildman–Crippen LogP) is 1.19. The van der Waals surface area contributed by atoms with Gasteiger partial charge in [0.25, 0.3) is 0 Å². The molecule has 1 saturated heterocycles. The van der Waals surface area contributed by atoms with Crippen LogP contribution in [0.4, 0.5) is 24.8 Å².